The van der Waals surface area contributed by atoms with E-state index < -0.39 is 0 Å². The molecule has 0 fully saturated rings. The first-order valence-corrected chi connectivity index (χ1v) is 12.4. The van der Waals surface area contributed by atoms with Gasteiger partial charge in [0, 0.05) is 0 Å². The van der Waals surface area contributed by atoms with Gasteiger partial charge in [-0.3, -0.25) is 0 Å². The van der Waals surface area contributed by atoms with Gasteiger partial charge in [0.25, 0.3) is 0 Å². The second-order valence-electron chi connectivity index (χ2n) is 8.59. The van der Waals surface area contributed by atoms with E-state index in [0.717, 1.165) is 50.6 Å². The predicted octanol–water partition coefficient (Wildman–Crippen LogP) is 8.44. The van der Waals surface area contributed by atoms with Crippen LogP contribution in [0.2, 0.25) is 0 Å². The highest BCUT2D eigenvalue weighted by Gasteiger charge is 2.03. The summed E-state index contributed by atoms with van der Waals surface area (Å²) in [6, 6.07) is 16.7. The van der Waals surface area contributed by atoms with Crippen molar-refractivity contribution in [2.75, 3.05) is 19.8 Å². The maximum Gasteiger partial charge on any atom is 0.119 e. The fourth-order valence-corrected chi connectivity index (χ4v) is 3.47. The minimum Gasteiger partial charge on any atom is -0.502 e. The smallest absolute Gasteiger partial charge is 0.119 e. The van der Waals surface area contributed by atoms with Crippen molar-refractivity contribution >= 4 is 0 Å². The third kappa shape index (κ3) is 10.7. The van der Waals surface area contributed by atoms with Crippen molar-refractivity contribution in [3.05, 3.63) is 61.4 Å². The summed E-state index contributed by atoms with van der Waals surface area (Å²) in [5, 5.41) is 0. The van der Waals surface area contributed by atoms with Gasteiger partial charge >= 0.3 is 0 Å². The lowest BCUT2D eigenvalue weighted by molar-refractivity contribution is 0.241. The van der Waals surface area contributed by atoms with Crippen LogP contribution in [0.25, 0.3) is 11.1 Å². The molecule has 0 aliphatic carbocycles. The summed E-state index contributed by atoms with van der Waals surface area (Å²) in [4.78, 5) is 0. The third-order valence-electron chi connectivity index (χ3n) is 5.82. The van der Waals surface area contributed by atoms with E-state index in [1.165, 1.54) is 55.9 Å². The standard InChI is InChI=1S/C29H42O3/c1-4-25(3)24-32-29-20-16-27(17-21-29)26-14-18-28(19-15-26)31-23-13-11-9-7-6-8-10-12-22-30-5-2/h5,14-21,25H,2,4,6-13,22-24H2,1,3H3/t25-/m0/s1. The van der Waals surface area contributed by atoms with Gasteiger partial charge in [0.2, 0.25) is 0 Å². The third-order valence-corrected chi connectivity index (χ3v) is 5.82. The van der Waals surface area contributed by atoms with E-state index in [9.17, 15) is 0 Å². The Kier molecular flexibility index (Phi) is 13.1. The molecule has 2 rings (SSSR count). The van der Waals surface area contributed by atoms with E-state index in [2.05, 4.69) is 69.0 Å². The van der Waals surface area contributed by atoms with E-state index in [1.54, 1.807) is 0 Å². The molecule has 0 heterocycles. The van der Waals surface area contributed by atoms with Gasteiger partial charge in [0.1, 0.15) is 11.5 Å². The van der Waals surface area contributed by atoms with Crippen LogP contribution in [0.5, 0.6) is 11.5 Å². The normalized spacial score (nSPS) is 11.7. The fourth-order valence-electron chi connectivity index (χ4n) is 3.47. The maximum absolute atomic E-state index is 5.92. The van der Waals surface area contributed by atoms with Crippen LogP contribution in [0.15, 0.2) is 61.4 Å². The van der Waals surface area contributed by atoms with Gasteiger partial charge < -0.3 is 14.2 Å². The molecule has 3 nitrogen and oxygen atoms in total. The van der Waals surface area contributed by atoms with Gasteiger partial charge in [0.15, 0.2) is 0 Å². The van der Waals surface area contributed by atoms with E-state index in [0.29, 0.717) is 5.92 Å². The van der Waals surface area contributed by atoms with E-state index in [4.69, 9.17) is 14.2 Å². The molecule has 1 atom stereocenters. The lowest BCUT2D eigenvalue weighted by Crippen LogP contribution is -2.06. The SMILES string of the molecule is C=COCCCCCCCCCCOc1ccc(-c2ccc(OC[C@@H](C)CC)cc2)cc1. The molecule has 3 heteroatoms. The van der Waals surface area contributed by atoms with Crippen LogP contribution in [0.3, 0.4) is 0 Å². The lowest BCUT2D eigenvalue weighted by atomic mass is 10.1. The summed E-state index contributed by atoms with van der Waals surface area (Å²) in [6.07, 6.45) is 12.6. The molecular weight excluding hydrogens is 396 g/mol. The predicted molar refractivity (Wildman–Crippen MR) is 135 cm³/mol. The number of ether oxygens (including phenoxy) is 3. The summed E-state index contributed by atoms with van der Waals surface area (Å²) in [5.74, 6) is 2.47. The highest BCUT2D eigenvalue weighted by atomic mass is 16.5. The first-order valence-electron chi connectivity index (χ1n) is 12.4. The first-order chi connectivity index (χ1) is 15.7. The molecule has 0 unspecified atom stereocenters. The molecule has 0 spiro atoms. The minimum atomic E-state index is 0.584. The zero-order chi connectivity index (χ0) is 22.9. The van der Waals surface area contributed by atoms with Crippen LogP contribution < -0.4 is 9.47 Å². The Bertz CT molecular complexity index is 721. The van der Waals surface area contributed by atoms with Crippen molar-refractivity contribution in [1.29, 1.82) is 0 Å². The number of hydrogen-bond acceptors (Lipinski definition) is 3. The average Bonchev–Trinajstić information content (AvgIpc) is 2.84. The molecule has 2 aromatic rings. The zero-order valence-electron chi connectivity index (χ0n) is 20.2. The summed E-state index contributed by atoms with van der Waals surface area (Å²) in [6.45, 7) is 10.3. The van der Waals surface area contributed by atoms with Gasteiger partial charge in [0.05, 0.1) is 26.1 Å². The molecule has 0 N–H and O–H groups in total. The van der Waals surface area contributed by atoms with Gasteiger partial charge in [-0.1, -0.05) is 89.6 Å². The molecule has 0 amide bonds. The topological polar surface area (TPSA) is 27.7 Å². The Balaban J connectivity index is 1.57. The molecule has 176 valence electrons. The van der Waals surface area contributed by atoms with Gasteiger partial charge in [-0.2, -0.15) is 0 Å². The highest BCUT2D eigenvalue weighted by Crippen LogP contribution is 2.25. The van der Waals surface area contributed by atoms with Crippen molar-refractivity contribution in [1.82, 2.24) is 0 Å². The van der Waals surface area contributed by atoms with Crippen molar-refractivity contribution < 1.29 is 14.2 Å². The van der Waals surface area contributed by atoms with Crippen LogP contribution >= 0.6 is 0 Å². The van der Waals surface area contributed by atoms with Crippen LogP contribution in [0.1, 0.15) is 71.6 Å². The van der Waals surface area contributed by atoms with Gasteiger partial charge in [-0.15, -0.1) is 0 Å². The Hall–Kier alpha value is -2.42. The second-order valence-corrected chi connectivity index (χ2v) is 8.59. The molecule has 0 saturated carbocycles. The number of hydrogen-bond donors (Lipinski definition) is 0. The Morgan fingerprint density at radius 3 is 1.66 bits per heavy atom. The number of unbranched alkanes of at least 4 members (excludes halogenated alkanes) is 7. The van der Waals surface area contributed by atoms with E-state index in [1.807, 2.05) is 0 Å². The molecule has 0 radical (unpaired) electrons. The zero-order valence-corrected chi connectivity index (χ0v) is 20.2. The fraction of sp³-hybridized carbons (Fsp3) is 0.517. The van der Waals surface area contributed by atoms with Crippen LogP contribution in [-0.4, -0.2) is 19.8 Å². The molecule has 0 aliphatic rings. The van der Waals surface area contributed by atoms with Crippen LogP contribution in [-0.2, 0) is 4.74 Å². The quantitative estimate of drug-likeness (QED) is 0.173. The molecular formula is C29H42O3. The van der Waals surface area contributed by atoms with Crippen molar-refractivity contribution in [2.45, 2.75) is 71.6 Å². The maximum atomic E-state index is 5.92. The molecule has 2 aromatic carbocycles. The largest absolute Gasteiger partial charge is 0.502 e. The lowest BCUT2D eigenvalue weighted by Gasteiger charge is -2.11. The monoisotopic (exact) mass is 438 g/mol. The Labute approximate surface area is 195 Å². The summed E-state index contributed by atoms with van der Waals surface area (Å²) >= 11 is 0. The molecule has 0 saturated heterocycles. The molecule has 32 heavy (non-hydrogen) atoms. The minimum absolute atomic E-state index is 0.584. The second kappa shape index (κ2) is 16.2. The highest BCUT2D eigenvalue weighted by molar-refractivity contribution is 5.64. The number of benzene rings is 2. The Morgan fingerprint density at radius 2 is 1.16 bits per heavy atom. The number of rotatable bonds is 18. The van der Waals surface area contributed by atoms with Crippen molar-refractivity contribution in [3.8, 4) is 22.6 Å². The summed E-state index contributed by atoms with van der Waals surface area (Å²) in [7, 11) is 0. The average molecular weight is 439 g/mol. The van der Waals surface area contributed by atoms with Crippen LogP contribution in [0.4, 0.5) is 0 Å². The summed E-state index contributed by atoms with van der Waals surface area (Å²) < 4.78 is 16.9. The van der Waals surface area contributed by atoms with Gasteiger partial charge in [-0.25, -0.2) is 0 Å². The molecule has 0 bridgehead atoms. The van der Waals surface area contributed by atoms with Crippen molar-refractivity contribution in [2.24, 2.45) is 5.92 Å². The molecule has 0 aliphatic heterocycles. The molecule has 0 aromatic heterocycles. The van der Waals surface area contributed by atoms with E-state index in [-0.39, 0.29) is 0 Å². The Morgan fingerprint density at radius 1 is 0.688 bits per heavy atom. The first kappa shape index (κ1) is 25.8. The van der Waals surface area contributed by atoms with Gasteiger partial charge in [-0.05, 0) is 54.2 Å². The van der Waals surface area contributed by atoms with E-state index >= 15 is 0 Å². The van der Waals surface area contributed by atoms with Crippen LogP contribution in [0, 0.1) is 5.92 Å². The van der Waals surface area contributed by atoms with Crippen molar-refractivity contribution in [3.63, 3.8) is 0 Å². The summed E-state index contributed by atoms with van der Waals surface area (Å²) in [5.41, 5.74) is 2.39.